The standard InChI is InChI=1S/C5H5NO3/c7-3-1-2-4(6-3)5(8)9-2/h2,4H,1H2,(H,6,7)/t2-,4?/m0/s1. The number of hydrogen-bond acceptors (Lipinski definition) is 3. The Kier molecular flexibility index (Phi) is 0.670. The Morgan fingerprint density at radius 2 is 2.33 bits per heavy atom. The molecule has 9 heavy (non-hydrogen) atoms. The van der Waals surface area contributed by atoms with Gasteiger partial charge >= 0.3 is 5.97 Å². The number of esters is 1. The largest absolute Gasteiger partial charge is 0.457 e. The molecule has 0 spiro atoms. The molecule has 2 saturated heterocycles. The van der Waals surface area contributed by atoms with Crippen LogP contribution in [0.25, 0.3) is 0 Å². The van der Waals surface area contributed by atoms with E-state index in [2.05, 4.69) is 10.1 Å². The first-order valence-electron chi connectivity index (χ1n) is 2.77. The molecular weight excluding hydrogens is 122 g/mol. The number of carbonyl (C=O) groups is 2. The number of hydrogen-bond donors (Lipinski definition) is 1. The molecule has 2 atom stereocenters. The van der Waals surface area contributed by atoms with Crippen molar-refractivity contribution in [1.82, 2.24) is 5.32 Å². The maximum absolute atomic E-state index is 10.5. The van der Waals surface area contributed by atoms with E-state index in [9.17, 15) is 9.59 Å². The minimum Gasteiger partial charge on any atom is -0.457 e. The molecule has 0 bridgehead atoms. The highest BCUT2D eigenvalue weighted by Gasteiger charge is 2.49. The predicted octanol–water partition coefficient (Wildman–Crippen LogP) is -1.20. The molecule has 0 aromatic carbocycles. The van der Waals surface area contributed by atoms with Crippen molar-refractivity contribution in [3.05, 3.63) is 0 Å². The van der Waals surface area contributed by atoms with Crippen LogP contribution in [0.3, 0.4) is 0 Å². The molecular formula is C5H5NO3. The molecule has 48 valence electrons. The van der Waals surface area contributed by atoms with Crippen molar-refractivity contribution in [1.29, 1.82) is 0 Å². The molecule has 2 rings (SSSR count). The second kappa shape index (κ2) is 1.26. The average Bonchev–Trinajstić information content (AvgIpc) is 2.08. The van der Waals surface area contributed by atoms with Gasteiger partial charge in [0.15, 0.2) is 6.04 Å². The summed E-state index contributed by atoms with van der Waals surface area (Å²) in [6.07, 6.45) is 0.182. The van der Waals surface area contributed by atoms with Gasteiger partial charge in [0.05, 0.1) is 6.42 Å². The van der Waals surface area contributed by atoms with Crippen LogP contribution >= 0.6 is 0 Å². The topological polar surface area (TPSA) is 55.4 Å². The van der Waals surface area contributed by atoms with E-state index < -0.39 is 0 Å². The Morgan fingerprint density at radius 1 is 1.56 bits per heavy atom. The third kappa shape index (κ3) is 0.472. The zero-order valence-electron chi connectivity index (χ0n) is 4.59. The zero-order valence-corrected chi connectivity index (χ0v) is 4.59. The predicted molar refractivity (Wildman–Crippen MR) is 26.4 cm³/mol. The second-order valence-electron chi connectivity index (χ2n) is 2.22. The van der Waals surface area contributed by atoms with E-state index in [0.717, 1.165) is 0 Å². The third-order valence-electron chi connectivity index (χ3n) is 1.60. The second-order valence-corrected chi connectivity index (χ2v) is 2.22. The Balaban J connectivity index is 2.16. The van der Waals surface area contributed by atoms with E-state index in [1.54, 1.807) is 0 Å². The van der Waals surface area contributed by atoms with E-state index in [1.165, 1.54) is 0 Å². The van der Waals surface area contributed by atoms with E-state index in [4.69, 9.17) is 0 Å². The molecule has 2 heterocycles. The first-order valence-corrected chi connectivity index (χ1v) is 2.77. The fourth-order valence-electron chi connectivity index (χ4n) is 1.10. The van der Waals surface area contributed by atoms with E-state index in [-0.39, 0.29) is 24.0 Å². The molecule has 0 aromatic heterocycles. The number of ether oxygens (including phenoxy) is 1. The van der Waals surface area contributed by atoms with Crippen molar-refractivity contribution < 1.29 is 14.3 Å². The van der Waals surface area contributed by atoms with Crippen LogP contribution in [-0.2, 0) is 14.3 Å². The van der Waals surface area contributed by atoms with Crippen molar-refractivity contribution >= 4 is 11.9 Å². The molecule has 4 heteroatoms. The maximum atomic E-state index is 10.5. The van der Waals surface area contributed by atoms with E-state index in [0.29, 0.717) is 6.42 Å². The van der Waals surface area contributed by atoms with Gasteiger partial charge in [-0.05, 0) is 0 Å². The van der Waals surface area contributed by atoms with Gasteiger partial charge < -0.3 is 10.1 Å². The van der Waals surface area contributed by atoms with Gasteiger partial charge in [0.25, 0.3) is 0 Å². The summed E-state index contributed by atoms with van der Waals surface area (Å²) < 4.78 is 4.61. The van der Waals surface area contributed by atoms with Crippen molar-refractivity contribution in [3.63, 3.8) is 0 Å². The summed E-state index contributed by atoms with van der Waals surface area (Å²) in [5.41, 5.74) is 0. The third-order valence-corrected chi connectivity index (χ3v) is 1.60. The number of rotatable bonds is 0. The number of amides is 1. The van der Waals surface area contributed by atoms with Gasteiger partial charge in [-0.15, -0.1) is 0 Å². The summed E-state index contributed by atoms with van der Waals surface area (Å²) in [5.74, 6) is -0.387. The highest BCUT2D eigenvalue weighted by Crippen LogP contribution is 2.22. The number of fused-ring (bicyclic) bond motifs is 1. The summed E-state index contributed by atoms with van der Waals surface area (Å²) in [7, 11) is 0. The molecule has 0 saturated carbocycles. The van der Waals surface area contributed by atoms with Gasteiger partial charge in [-0.25, -0.2) is 4.79 Å². The molecule has 4 nitrogen and oxygen atoms in total. The first-order chi connectivity index (χ1) is 4.27. The van der Waals surface area contributed by atoms with Crippen molar-refractivity contribution in [2.75, 3.05) is 0 Å². The lowest BCUT2D eigenvalue weighted by atomic mass is 10.1. The normalized spacial score (nSPS) is 38.7. The average molecular weight is 127 g/mol. The van der Waals surface area contributed by atoms with Crippen LogP contribution in [0, 0.1) is 0 Å². The molecule has 1 amide bonds. The molecule has 2 aliphatic heterocycles. The van der Waals surface area contributed by atoms with E-state index >= 15 is 0 Å². The van der Waals surface area contributed by atoms with Gasteiger partial charge in [0.1, 0.15) is 6.10 Å². The maximum Gasteiger partial charge on any atom is 0.332 e. The monoisotopic (exact) mass is 127 g/mol. The molecule has 0 aromatic rings. The fourth-order valence-corrected chi connectivity index (χ4v) is 1.10. The Hall–Kier alpha value is -1.06. The van der Waals surface area contributed by atoms with Crippen molar-refractivity contribution in [2.45, 2.75) is 18.6 Å². The number of nitrogens with one attached hydrogen (secondary N) is 1. The van der Waals surface area contributed by atoms with Gasteiger partial charge in [0, 0.05) is 0 Å². The van der Waals surface area contributed by atoms with Crippen LogP contribution in [0.2, 0.25) is 0 Å². The van der Waals surface area contributed by atoms with Crippen LogP contribution in [0.5, 0.6) is 0 Å². The smallest absolute Gasteiger partial charge is 0.332 e. The minimum absolute atomic E-state index is 0.0872. The molecule has 0 radical (unpaired) electrons. The van der Waals surface area contributed by atoms with E-state index in [1.807, 2.05) is 0 Å². The van der Waals surface area contributed by atoms with Gasteiger partial charge in [0.2, 0.25) is 5.91 Å². The molecule has 2 aliphatic rings. The minimum atomic E-state index is -0.322. The van der Waals surface area contributed by atoms with Crippen LogP contribution < -0.4 is 5.32 Å². The highest BCUT2D eigenvalue weighted by molar-refractivity contribution is 5.93. The quantitative estimate of drug-likeness (QED) is 0.416. The first kappa shape index (κ1) is 4.78. The van der Waals surface area contributed by atoms with Crippen LogP contribution in [0.4, 0.5) is 0 Å². The van der Waals surface area contributed by atoms with Crippen LogP contribution in [0.1, 0.15) is 6.42 Å². The summed E-state index contributed by atoms with van der Waals surface area (Å²) in [6, 6.07) is -0.322. The molecule has 2 fully saturated rings. The Labute approximate surface area is 51.2 Å². The lowest BCUT2D eigenvalue weighted by Crippen LogP contribution is -2.52. The van der Waals surface area contributed by atoms with Crippen LogP contribution in [-0.4, -0.2) is 24.0 Å². The molecule has 1 N–H and O–H groups in total. The van der Waals surface area contributed by atoms with Crippen molar-refractivity contribution in [3.8, 4) is 0 Å². The summed E-state index contributed by atoms with van der Waals surface area (Å²) in [4.78, 5) is 20.9. The Bertz CT molecular complexity index is 187. The summed E-state index contributed by atoms with van der Waals surface area (Å²) >= 11 is 0. The van der Waals surface area contributed by atoms with Crippen molar-refractivity contribution in [2.24, 2.45) is 0 Å². The molecule has 1 unspecified atom stereocenters. The Morgan fingerprint density at radius 3 is 2.78 bits per heavy atom. The zero-order chi connectivity index (χ0) is 6.43. The summed E-state index contributed by atoms with van der Waals surface area (Å²) in [6.45, 7) is 0. The highest BCUT2D eigenvalue weighted by atomic mass is 16.6. The van der Waals surface area contributed by atoms with Crippen LogP contribution in [0.15, 0.2) is 0 Å². The fraction of sp³-hybridized carbons (Fsp3) is 0.600. The van der Waals surface area contributed by atoms with Gasteiger partial charge in [-0.1, -0.05) is 0 Å². The SMILES string of the molecule is O=C1C[C@@H]2OC(=O)C2N1. The number of carbonyl (C=O) groups excluding carboxylic acids is 2. The van der Waals surface area contributed by atoms with Gasteiger partial charge in [-0.3, -0.25) is 4.79 Å². The lowest BCUT2D eigenvalue weighted by molar-refractivity contribution is -0.172. The molecule has 0 aliphatic carbocycles. The van der Waals surface area contributed by atoms with Gasteiger partial charge in [-0.2, -0.15) is 0 Å². The summed E-state index contributed by atoms with van der Waals surface area (Å²) in [5, 5.41) is 2.49. The lowest BCUT2D eigenvalue weighted by Gasteiger charge is -2.27.